The molecule has 3 heteroatoms. The third-order valence-electron chi connectivity index (χ3n) is 1.62. The zero-order valence-corrected chi connectivity index (χ0v) is 8.00. The number of rotatable bonds is 3. The maximum atomic E-state index is 10.9. The Kier molecular flexibility index (Phi) is 3.57. The second kappa shape index (κ2) is 4.93. The summed E-state index contributed by atoms with van der Waals surface area (Å²) in [5.74, 6) is 2.38. The fourth-order valence-corrected chi connectivity index (χ4v) is 1.08. The van der Waals surface area contributed by atoms with Crippen LogP contribution >= 0.6 is 0 Å². The molecule has 1 amide bonds. The van der Waals surface area contributed by atoms with Crippen molar-refractivity contribution in [2.75, 3.05) is 17.2 Å². The summed E-state index contributed by atoms with van der Waals surface area (Å²) in [4.78, 5) is 10.9. The molecule has 0 unspecified atom stereocenters. The van der Waals surface area contributed by atoms with E-state index in [1.807, 2.05) is 24.3 Å². The number of carbonyl (C=O) groups excluding carboxylic acids is 1. The molecule has 2 N–H and O–H groups in total. The van der Waals surface area contributed by atoms with Crippen LogP contribution in [0, 0.1) is 12.3 Å². The van der Waals surface area contributed by atoms with Crippen molar-refractivity contribution in [3.8, 4) is 12.3 Å². The Morgan fingerprint density at radius 2 is 2.07 bits per heavy atom. The van der Waals surface area contributed by atoms with Gasteiger partial charge in [0.1, 0.15) is 0 Å². The Balaban J connectivity index is 2.81. The Labute approximate surface area is 83.5 Å². The first-order valence-electron chi connectivity index (χ1n) is 4.28. The largest absolute Gasteiger partial charge is 0.372 e. The Hall–Kier alpha value is -1.95. The number of hydrogen-bond acceptors (Lipinski definition) is 2. The van der Waals surface area contributed by atoms with Crippen LogP contribution in [0.1, 0.15) is 6.92 Å². The van der Waals surface area contributed by atoms with Gasteiger partial charge in [-0.2, -0.15) is 0 Å². The number of benzene rings is 1. The fourth-order valence-electron chi connectivity index (χ4n) is 1.08. The number of amides is 1. The molecular weight excluding hydrogens is 176 g/mol. The van der Waals surface area contributed by atoms with E-state index in [4.69, 9.17) is 6.42 Å². The molecule has 1 aromatic carbocycles. The van der Waals surface area contributed by atoms with Crippen molar-refractivity contribution in [3.63, 3.8) is 0 Å². The van der Waals surface area contributed by atoms with Crippen LogP contribution in [0.5, 0.6) is 0 Å². The minimum Gasteiger partial charge on any atom is -0.372 e. The minimum absolute atomic E-state index is 0.0973. The molecular formula is C11H12N2O. The van der Waals surface area contributed by atoms with E-state index in [-0.39, 0.29) is 5.91 Å². The summed E-state index contributed by atoms with van der Waals surface area (Å²) >= 11 is 0. The summed E-state index contributed by atoms with van der Waals surface area (Å²) in [6.07, 6.45) is 5.13. The quantitative estimate of drug-likeness (QED) is 0.709. The van der Waals surface area contributed by atoms with Crippen LogP contribution in [0.4, 0.5) is 11.4 Å². The third kappa shape index (κ3) is 2.83. The van der Waals surface area contributed by atoms with Crippen LogP contribution in [0.25, 0.3) is 0 Å². The van der Waals surface area contributed by atoms with Gasteiger partial charge in [-0.25, -0.2) is 0 Å². The van der Waals surface area contributed by atoms with Crippen LogP contribution < -0.4 is 10.6 Å². The van der Waals surface area contributed by atoms with Crippen molar-refractivity contribution in [1.82, 2.24) is 0 Å². The molecule has 0 saturated heterocycles. The smallest absolute Gasteiger partial charge is 0.221 e. The Morgan fingerprint density at radius 1 is 1.43 bits per heavy atom. The Bertz CT molecular complexity index is 366. The highest BCUT2D eigenvalue weighted by molar-refractivity contribution is 5.92. The van der Waals surface area contributed by atoms with Crippen LogP contribution in [0.15, 0.2) is 24.3 Å². The summed E-state index contributed by atoms with van der Waals surface area (Å²) in [5, 5.41) is 5.73. The van der Waals surface area contributed by atoms with Gasteiger partial charge in [0.15, 0.2) is 0 Å². The molecule has 0 aliphatic carbocycles. The molecule has 0 fully saturated rings. The number of anilines is 2. The van der Waals surface area contributed by atoms with Gasteiger partial charge in [-0.1, -0.05) is 18.1 Å². The van der Waals surface area contributed by atoms with Crippen LogP contribution in [0.3, 0.4) is 0 Å². The zero-order chi connectivity index (χ0) is 10.4. The van der Waals surface area contributed by atoms with E-state index in [1.165, 1.54) is 6.92 Å². The predicted octanol–water partition coefficient (Wildman–Crippen LogP) is 1.69. The van der Waals surface area contributed by atoms with Crippen molar-refractivity contribution in [3.05, 3.63) is 24.3 Å². The maximum absolute atomic E-state index is 10.9. The van der Waals surface area contributed by atoms with Gasteiger partial charge in [0.05, 0.1) is 17.9 Å². The highest BCUT2D eigenvalue weighted by atomic mass is 16.1. The molecule has 0 saturated carbocycles. The molecule has 0 aromatic heterocycles. The average molecular weight is 188 g/mol. The van der Waals surface area contributed by atoms with Crippen LogP contribution in [0.2, 0.25) is 0 Å². The highest BCUT2D eigenvalue weighted by Gasteiger charge is 2.00. The van der Waals surface area contributed by atoms with E-state index in [0.29, 0.717) is 6.54 Å². The summed E-state index contributed by atoms with van der Waals surface area (Å²) in [7, 11) is 0. The van der Waals surface area contributed by atoms with Crippen LogP contribution in [-0.2, 0) is 4.79 Å². The second-order valence-corrected chi connectivity index (χ2v) is 2.78. The first-order valence-corrected chi connectivity index (χ1v) is 4.28. The standard InChI is InChI=1S/C11H12N2O/c1-3-8-12-10-6-4-5-7-11(10)13-9(2)14/h1,4-7,12H,8H2,2H3,(H,13,14). The molecule has 3 nitrogen and oxygen atoms in total. The van der Waals surface area contributed by atoms with Crippen molar-refractivity contribution in [2.24, 2.45) is 0 Å². The lowest BCUT2D eigenvalue weighted by Crippen LogP contribution is -2.09. The summed E-state index contributed by atoms with van der Waals surface area (Å²) in [6.45, 7) is 1.91. The fraction of sp³-hybridized carbons (Fsp3) is 0.182. The second-order valence-electron chi connectivity index (χ2n) is 2.78. The lowest BCUT2D eigenvalue weighted by Gasteiger charge is -2.09. The van der Waals surface area contributed by atoms with Crippen LogP contribution in [-0.4, -0.2) is 12.5 Å². The minimum atomic E-state index is -0.0973. The summed E-state index contributed by atoms with van der Waals surface area (Å²) < 4.78 is 0. The van der Waals surface area contributed by atoms with E-state index >= 15 is 0 Å². The van der Waals surface area contributed by atoms with Crippen molar-refractivity contribution in [2.45, 2.75) is 6.92 Å². The van der Waals surface area contributed by atoms with Gasteiger partial charge >= 0.3 is 0 Å². The first-order chi connectivity index (χ1) is 6.74. The van der Waals surface area contributed by atoms with Crippen molar-refractivity contribution >= 4 is 17.3 Å². The van der Waals surface area contributed by atoms with E-state index in [9.17, 15) is 4.79 Å². The molecule has 0 spiro atoms. The van der Waals surface area contributed by atoms with Gasteiger partial charge in [-0.3, -0.25) is 4.79 Å². The normalized spacial score (nSPS) is 8.86. The maximum Gasteiger partial charge on any atom is 0.221 e. The molecule has 0 atom stereocenters. The lowest BCUT2D eigenvalue weighted by atomic mass is 10.2. The van der Waals surface area contributed by atoms with E-state index in [1.54, 1.807) is 0 Å². The molecule has 14 heavy (non-hydrogen) atoms. The number of nitrogens with one attached hydrogen (secondary N) is 2. The van der Waals surface area contributed by atoms with Gasteiger partial charge in [0, 0.05) is 6.92 Å². The SMILES string of the molecule is C#CCNc1ccccc1NC(C)=O. The Morgan fingerprint density at radius 3 is 2.64 bits per heavy atom. The van der Waals surface area contributed by atoms with Crippen molar-refractivity contribution < 1.29 is 4.79 Å². The molecule has 1 rings (SSSR count). The third-order valence-corrected chi connectivity index (χ3v) is 1.62. The molecule has 0 aliphatic rings. The average Bonchev–Trinajstić information content (AvgIpc) is 2.16. The zero-order valence-electron chi connectivity index (χ0n) is 8.00. The van der Waals surface area contributed by atoms with Crippen molar-refractivity contribution in [1.29, 1.82) is 0 Å². The summed E-state index contributed by atoms with van der Waals surface area (Å²) in [6, 6.07) is 7.42. The monoisotopic (exact) mass is 188 g/mol. The van der Waals surface area contributed by atoms with E-state index in [2.05, 4.69) is 16.6 Å². The molecule has 0 heterocycles. The summed E-state index contributed by atoms with van der Waals surface area (Å²) in [5.41, 5.74) is 1.58. The van der Waals surface area contributed by atoms with Gasteiger partial charge in [-0.05, 0) is 12.1 Å². The van der Waals surface area contributed by atoms with Gasteiger partial charge in [0.25, 0.3) is 0 Å². The highest BCUT2D eigenvalue weighted by Crippen LogP contribution is 2.20. The lowest BCUT2D eigenvalue weighted by molar-refractivity contribution is -0.114. The number of hydrogen-bond donors (Lipinski definition) is 2. The van der Waals surface area contributed by atoms with E-state index < -0.39 is 0 Å². The first kappa shape index (κ1) is 10.1. The van der Waals surface area contributed by atoms with Gasteiger partial charge in [-0.15, -0.1) is 6.42 Å². The molecule has 0 radical (unpaired) electrons. The van der Waals surface area contributed by atoms with E-state index in [0.717, 1.165) is 11.4 Å². The van der Waals surface area contributed by atoms with Gasteiger partial charge < -0.3 is 10.6 Å². The number of para-hydroxylation sites is 2. The number of terminal acetylenes is 1. The number of carbonyl (C=O) groups is 1. The molecule has 1 aromatic rings. The predicted molar refractivity (Wildman–Crippen MR) is 58.1 cm³/mol. The molecule has 72 valence electrons. The van der Waals surface area contributed by atoms with Gasteiger partial charge in [0.2, 0.25) is 5.91 Å². The topological polar surface area (TPSA) is 41.1 Å². The molecule has 0 bridgehead atoms. The molecule has 0 aliphatic heterocycles.